The molecule has 1 aliphatic rings. The van der Waals surface area contributed by atoms with Gasteiger partial charge in [-0.1, -0.05) is 6.42 Å². The maximum absolute atomic E-state index is 4.60. The molecule has 7 heteroatoms. The Bertz CT molecular complexity index is 448. The summed E-state index contributed by atoms with van der Waals surface area (Å²) in [5.74, 6) is 1.75. The number of hydrogen-bond donors (Lipinski definition) is 2. The fourth-order valence-electron chi connectivity index (χ4n) is 2.67. The van der Waals surface area contributed by atoms with Crippen molar-refractivity contribution < 1.29 is 0 Å². The number of aryl methyl sites for hydroxylation is 1. The number of likely N-dealkylation sites (tertiary alicyclic amines) is 1. The molecule has 1 aliphatic heterocycles. The Morgan fingerprint density at radius 2 is 2.05 bits per heavy atom. The van der Waals surface area contributed by atoms with Crippen LogP contribution in [0.15, 0.2) is 11.3 Å². The van der Waals surface area contributed by atoms with Gasteiger partial charge in [0.2, 0.25) is 0 Å². The van der Waals surface area contributed by atoms with E-state index in [2.05, 4.69) is 44.6 Å². The third kappa shape index (κ3) is 5.29. The van der Waals surface area contributed by atoms with E-state index < -0.39 is 0 Å². The van der Waals surface area contributed by atoms with Gasteiger partial charge in [0.25, 0.3) is 0 Å². The van der Waals surface area contributed by atoms with Gasteiger partial charge in [-0.25, -0.2) is 4.99 Å². The Balaban J connectivity index is 1.79. The van der Waals surface area contributed by atoms with E-state index in [1.807, 2.05) is 4.57 Å². The SMILES string of the molecule is CCNC(=NCc1nncn1CC)NCCN1CCCCC1. The molecule has 0 aliphatic carbocycles. The molecular formula is C15H29N7. The van der Waals surface area contributed by atoms with Crippen molar-refractivity contribution in [3.05, 3.63) is 12.2 Å². The highest BCUT2D eigenvalue weighted by Crippen LogP contribution is 2.07. The number of nitrogens with one attached hydrogen (secondary N) is 2. The average Bonchev–Trinajstić information content (AvgIpc) is 3.01. The topological polar surface area (TPSA) is 70.4 Å². The molecule has 1 aromatic rings. The standard InChI is InChI=1S/C15H29N7/c1-3-16-15(17-8-11-21-9-6-5-7-10-21)18-12-14-20-19-13-22(14)4-2/h13H,3-12H2,1-2H3,(H2,16,17,18). The van der Waals surface area contributed by atoms with Crippen LogP contribution in [0.1, 0.15) is 38.9 Å². The number of aliphatic imine (C=N–C) groups is 1. The third-order valence-corrected chi connectivity index (χ3v) is 3.93. The van der Waals surface area contributed by atoms with Crippen LogP contribution in [0.5, 0.6) is 0 Å². The minimum Gasteiger partial charge on any atom is -0.357 e. The molecule has 0 bridgehead atoms. The van der Waals surface area contributed by atoms with E-state index in [0.717, 1.165) is 38.0 Å². The number of aromatic nitrogens is 3. The fourth-order valence-corrected chi connectivity index (χ4v) is 2.67. The third-order valence-electron chi connectivity index (χ3n) is 3.93. The van der Waals surface area contributed by atoms with E-state index in [4.69, 9.17) is 0 Å². The number of guanidine groups is 1. The highest BCUT2D eigenvalue weighted by atomic mass is 15.3. The zero-order valence-electron chi connectivity index (χ0n) is 13.9. The Labute approximate surface area is 133 Å². The Kier molecular flexibility index (Phi) is 7.15. The molecule has 0 amide bonds. The largest absolute Gasteiger partial charge is 0.357 e. The lowest BCUT2D eigenvalue weighted by atomic mass is 10.1. The zero-order chi connectivity index (χ0) is 15.6. The van der Waals surface area contributed by atoms with E-state index in [1.165, 1.54) is 32.4 Å². The van der Waals surface area contributed by atoms with Gasteiger partial charge in [-0.2, -0.15) is 0 Å². The Hall–Kier alpha value is -1.63. The molecule has 2 N–H and O–H groups in total. The molecule has 7 nitrogen and oxygen atoms in total. The smallest absolute Gasteiger partial charge is 0.191 e. The summed E-state index contributed by atoms with van der Waals surface area (Å²) in [5, 5.41) is 14.7. The lowest BCUT2D eigenvalue weighted by molar-refractivity contribution is 0.232. The molecule has 2 heterocycles. The quantitative estimate of drug-likeness (QED) is 0.577. The molecule has 0 saturated carbocycles. The van der Waals surface area contributed by atoms with Crippen LogP contribution in [0.3, 0.4) is 0 Å². The van der Waals surface area contributed by atoms with Gasteiger partial charge in [0.15, 0.2) is 11.8 Å². The van der Waals surface area contributed by atoms with Gasteiger partial charge in [0.1, 0.15) is 12.9 Å². The molecule has 0 atom stereocenters. The minimum absolute atomic E-state index is 0.548. The van der Waals surface area contributed by atoms with Crippen LogP contribution in [-0.2, 0) is 13.1 Å². The summed E-state index contributed by atoms with van der Waals surface area (Å²) in [6.07, 6.45) is 5.80. The van der Waals surface area contributed by atoms with E-state index in [0.29, 0.717) is 6.54 Å². The summed E-state index contributed by atoms with van der Waals surface area (Å²) >= 11 is 0. The summed E-state index contributed by atoms with van der Waals surface area (Å²) in [5.41, 5.74) is 0. The van der Waals surface area contributed by atoms with Gasteiger partial charge >= 0.3 is 0 Å². The normalized spacial score (nSPS) is 16.7. The fraction of sp³-hybridized carbons (Fsp3) is 0.800. The average molecular weight is 307 g/mol. The molecule has 124 valence electrons. The second kappa shape index (κ2) is 9.40. The van der Waals surface area contributed by atoms with Gasteiger partial charge in [0.05, 0.1) is 0 Å². The lowest BCUT2D eigenvalue weighted by Gasteiger charge is -2.26. The van der Waals surface area contributed by atoms with E-state index in [9.17, 15) is 0 Å². The first-order valence-corrected chi connectivity index (χ1v) is 8.44. The number of rotatable bonds is 7. The molecule has 0 spiro atoms. The van der Waals surface area contributed by atoms with Crippen LogP contribution in [0, 0.1) is 0 Å². The predicted molar refractivity (Wildman–Crippen MR) is 88.8 cm³/mol. The summed E-state index contributed by atoms with van der Waals surface area (Å²) in [4.78, 5) is 7.12. The Morgan fingerprint density at radius 3 is 2.77 bits per heavy atom. The van der Waals surface area contributed by atoms with Crippen molar-refractivity contribution >= 4 is 5.96 Å². The van der Waals surface area contributed by atoms with Crippen LogP contribution in [0.2, 0.25) is 0 Å². The van der Waals surface area contributed by atoms with Crippen molar-refractivity contribution in [2.45, 2.75) is 46.2 Å². The van der Waals surface area contributed by atoms with Crippen LogP contribution in [0.25, 0.3) is 0 Å². The van der Waals surface area contributed by atoms with Crippen LogP contribution >= 0.6 is 0 Å². The van der Waals surface area contributed by atoms with E-state index in [1.54, 1.807) is 6.33 Å². The van der Waals surface area contributed by atoms with Crippen LogP contribution in [0.4, 0.5) is 0 Å². The van der Waals surface area contributed by atoms with Gasteiger partial charge in [-0.15, -0.1) is 10.2 Å². The van der Waals surface area contributed by atoms with Crippen molar-refractivity contribution in [1.82, 2.24) is 30.3 Å². The minimum atomic E-state index is 0.548. The first kappa shape index (κ1) is 16.7. The summed E-state index contributed by atoms with van der Waals surface area (Å²) < 4.78 is 2.01. The first-order valence-electron chi connectivity index (χ1n) is 8.44. The molecule has 1 aromatic heterocycles. The molecule has 0 aromatic carbocycles. The monoisotopic (exact) mass is 307 g/mol. The number of piperidine rings is 1. The van der Waals surface area contributed by atoms with Gasteiger partial charge in [-0.3, -0.25) is 0 Å². The maximum Gasteiger partial charge on any atom is 0.191 e. The first-order chi connectivity index (χ1) is 10.8. The van der Waals surface area contributed by atoms with Crippen molar-refractivity contribution in [2.24, 2.45) is 4.99 Å². The number of nitrogens with zero attached hydrogens (tertiary/aromatic N) is 5. The van der Waals surface area contributed by atoms with Crippen molar-refractivity contribution in [1.29, 1.82) is 0 Å². The van der Waals surface area contributed by atoms with Gasteiger partial charge in [0, 0.05) is 26.2 Å². The van der Waals surface area contributed by atoms with E-state index in [-0.39, 0.29) is 0 Å². The summed E-state index contributed by atoms with van der Waals surface area (Å²) in [6.45, 7) is 10.9. The molecule has 0 unspecified atom stereocenters. The predicted octanol–water partition coefficient (Wildman–Crippen LogP) is 0.839. The molecule has 2 rings (SSSR count). The second-order valence-corrected chi connectivity index (χ2v) is 5.56. The molecule has 22 heavy (non-hydrogen) atoms. The zero-order valence-corrected chi connectivity index (χ0v) is 13.9. The molecule has 1 saturated heterocycles. The highest BCUT2D eigenvalue weighted by Gasteiger charge is 2.09. The molecule has 1 fully saturated rings. The second-order valence-electron chi connectivity index (χ2n) is 5.56. The van der Waals surface area contributed by atoms with Crippen LogP contribution in [-0.4, -0.2) is 58.3 Å². The molecular weight excluding hydrogens is 278 g/mol. The van der Waals surface area contributed by atoms with Crippen molar-refractivity contribution in [2.75, 3.05) is 32.7 Å². The van der Waals surface area contributed by atoms with Crippen molar-refractivity contribution in [3.8, 4) is 0 Å². The molecule has 0 radical (unpaired) electrons. The van der Waals surface area contributed by atoms with Gasteiger partial charge in [-0.05, 0) is 39.8 Å². The summed E-state index contributed by atoms with van der Waals surface area (Å²) in [7, 11) is 0. The van der Waals surface area contributed by atoms with Crippen LogP contribution < -0.4 is 10.6 Å². The maximum atomic E-state index is 4.60. The van der Waals surface area contributed by atoms with Gasteiger partial charge < -0.3 is 20.1 Å². The van der Waals surface area contributed by atoms with E-state index >= 15 is 0 Å². The summed E-state index contributed by atoms with van der Waals surface area (Å²) in [6, 6.07) is 0. The lowest BCUT2D eigenvalue weighted by Crippen LogP contribution is -2.42. The number of hydrogen-bond acceptors (Lipinski definition) is 4. The highest BCUT2D eigenvalue weighted by molar-refractivity contribution is 5.79. The van der Waals surface area contributed by atoms with Crippen molar-refractivity contribution in [3.63, 3.8) is 0 Å². The Morgan fingerprint density at radius 1 is 1.23 bits per heavy atom.